The van der Waals surface area contributed by atoms with Gasteiger partial charge < -0.3 is 15.0 Å². The number of aromatic nitrogens is 1. The van der Waals surface area contributed by atoms with Gasteiger partial charge >= 0.3 is 5.97 Å². The third kappa shape index (κ3) is 2.51. The highest BCUT2D eigenvalue weighted by atomic mass is 16.5. The summed E-state index contributed by atoms with van der Waals surface area (Å²) in [7, 11) is 1.36. The molecule has 2 N–H and O–H groups in total. The fraction of sp³-hybridized carbons (Fsp3) is 0.231. The van der Waals surface area contributed by atoms with Gasteiger partial charge in [0.1, 0.15) is 0 Å². The fourth-order valence-electron chi connectivity index (χ4n) is 1.89. The van der Waals surface area contributed by atoms with E-state index < -0.39 is 0 Å². The van der Waals surface area contributed by atoms with E-state index in [1.807, 2.05) is 12.1 Å². The molecule has 1 amide bonds. The Morgan fingerprint density at radius 3 is 2.83 bits per heavy atom. The first-order chi connectivity index (χ1) is 8.60. The van der Waals surface area contributed by atoms with Crippen molar-refractivity contribution < 1.29 is 14.3 Å². The van der Waals surface area contributed by atoms with Crippen LogP contribution in [0.1, 0.15) is 12.5 Å². The number of rotatable bonds is 3. The normalized spacial score (nSPS) is 10.3. The van der Waals surface area contributed by atoms with E-state index in [0.29, 0.717) is 5.69 Å². The highest BCUT2D eigenvalue weighted by Gasteiger charge is 2.10. The summed E-state index contributed by atoms with van der Waals surface area (Å²) in [5.41, 5.74) is 2.36. The molecule has 18 heavy (non-hydrogen) atoms. The van der Waals surface area contributed by atoms with Crippen LogP contribution < -0.4 is 5.32 Å². The Morgan fingerprint density at radius 2 is 2.17 bits per heavy atom. The lowest BCUT2D eigenvalue weighted by Crippen LogP contribution is -2.08. The van der Waals surface area contributed by atoms with Crippen molar-refractivity contribution in [3.63, 3.8) is 0 Å². The van der Waals surface area contributed by atoms with Crippen LogP contribution >= 0.6 is 0 Å². The maximum Gasteiger partial charge on any atom is 0.310 e. The predicted molar refractivity (Wildman–Crippen MR) is 68.3 cm³/mol. The van der Waals surface area contributed by atoms with E-state index in [2.05, 4.69) is 15.0 Å². The Bertz CT molecular complexity index is 601. The van der Waals surface area contributed by atoms with Gasteiger partial charge in [-0.05, 0) is 23.8 Å². The van der Waals surface area contributed by atoms with Crippen LogP contribution in [0, 0.1) is 0 Å². The zero-order valence-corrected chi connectivity index (χ0v) is 10.2. The molecule has 0 radical (unpaired) electrons. The van der Waals surface area contributed by atoms with Gasteiger partial charge in [-0.3, -0.25) is 9.59 Å². The summed E-state index contributed by atoms with van der Waals surface area (Å²) in [6, 6.07) is 5.51. The molecule has 2 aromatic rings. The number of nitrogens with one attached hydrogen (secondary N) is 2. The van der Waals surface area contributed by atoms with Crippen LogP contribution in [-0.4, -0.2) is 24.0 Å². The van der Waals surface area contributed by atoms with Crippen molar-refractivity contribution >= 4 is 28.5 Å². The van der Waals surface area contributed by atoms with Crippen LogP contribution in [0.2, 0.25) is 0 Å². The number of ether oxygens (including phenoxy) is 1. The van der Waals surface area contributed by atoms with E-state index in [0.717, 1.165) is 16.5 Å². The van der Waals surface area contributed by atoms with E-state index in [1.54, 1.807) is 12.3 Å². The Hall–Kier alpha value is -2.30. The second-order valence-electron chi connectivity index (χ2n) is 4.01. The average Bonchev–Trinajstić information content (AvgIpc) is 2.76. The number of benzene rings is 1. The molecule has 0 aliphatic rings. The Kier molecular flexibility index (Phi) is 3.32. The molecule has 0 saturated heterocycles. The lowest BCUT2D eigenvalue weighted by molar-refractivity contribution is -0.139. The summed E-state index contributed by atoms with van der Waals surface area (Å²) < 4.78 is 4.66. The first kappa shape index (κ1) is 12.2. The van der Waals surface area contributed by atoms with Crippen molar-refractivity contribution in [1.82, 2.24) is 4.98 Å². The van der Waals surface area contributed by atoms with Gasteiger partial charge in [-0.15, -0.1) is 0 Å². The van der Waals surface area contributed by atoms with Crippen molar-refractivity contribution in [2.45, 2.75) is 13.3 Å². The third-order valence-electron chi connectivity index (χ3n) is 2.64. The minimum absolute atomic E-state index is 0.148. The number of H-pyrrole nitrogens is 1. The minimum Gasteiger partial charge on any atom is -0.469 e. The molecule has 0 unspecified atom stereocenters. The van der Waals surface area contributed by atoms with Crippen molar-refractivity contribution in [3.8, 4) is 0 Å². The third-order valence-corrected chi connectivity index (χ3v) is 2.64. The first-order valence-electron chi connectivity index (χ1n) is 5.54. The van der Waals surface area contributed by atoms with E-state index >= 15 is 0 Å². The molecule has 0 fully saturated rings. The number of carbonyl (C=O) groups is 2. The Morgan fingerprint density at radius 1 is 1.39 bits per heavy atom. The number of esters is 1. The number of methoxy groups -OCH3 is 1. The van der Waals surface area contributed by atoms with Crippen molar-refractivity contribution in [1.29, 1.82) is 0 Å². The van der Waals surface area contributed by atoms with E-state index in [4.69, 9.17) is 0 Å². The second kappa shape index (κ2) is 4.91. The Labute approximate surface area is 104 Å². The summed E-state index contributed by atoms with van der Waals surface area (Å²) in [5, 5.41) is 3.66. The highest BCUT2D eigenvalue weighted by molar-refractivity contribution is 5.95. The molecule has 0 saturated carbocycles. The van der Waals surface area contributed by atoms with Crippen LogP contribution in [0.15, 0.2) is 24.4 Å². The van der Waals surface area contributed by atoms with Gasteiger partial charge in [0.05, 0.1) is 13.5 Å². The van der Waals surface area contributed by atoms with E-state index in [1.165, 1.54) is 14.0 Å². The second-order valence-corrected chi connectivity index (χ2v) is 4.01. The quantitative estimate of drug-likeness (QED) is 0.812. The number of hydrogen-bond donors (Lipinski definition) is 2. The molecule has 0 spiro atoms. The van der Waals surface area contributed by atoms with Crippen LogP contribution in [0.3, 0.4) is 0 Å². The molecule has 5 heteroatoms. The maximum absolute atomic E-state index is 11.4. The fourth-order valence-corrected chi connectivity index (χ4v) is 1.89. The number of hydrogen-bond acceptors (Lipinski definition) is 3. The van der Waals surface area contributed by atoms with Crippen molar-refractivity contribution in [2.24, 2.45) is 0 Å². The molecule has 2 rings (SSSR count). The molecule has 1 aromatic carbocycles. The summed E-state index contributed by atoms with van der Waals surface area (Å²) in [6.07, 6.45) is 1.97. The maximum atomic E-state index is 11.4. The molecule has 0 aliphatic carbocycles. The summed E-state index contributed by atoms with van der Waals surface area (Å²) in [5.74, 6) is -0.456. The first-order valence-corrected chi connectivity index (χ1v) is 5.54. The van der Waals surface area contributed by atoms with Gasteiger partial charge in [0.2, 0.25) is 5.91 Å². The largest absolute Gasteiger partial charge is 0.469 e. The number of carbonyl (C=O) groups excluding carboxylic acids is 2. The standard InChI is InChI=1S/C13H14N2O3/c1-8(16)15-10-5-9(6-13(17)18-2)11-3-4-14-12(11)7-10/h3-5,7,14H,6H2,1-2H3,(H,15,16). The zero-order chi connectivity index (χ0) is 13.1. The van der Waals surface area contributed by atoms with Gasteiger partial charge in [-0.25, -0.2) is 0 Å². The zero-order valence-electron chi connectivity index (χ0n) is 10.2. The number of anilines is 1. The minimum atomic E-state index is -0.308. The van der Waals surface area contributed by atoms with Crippen molar-refractivity contribution in [2.75, 3.05) is 12.4 Å². The van der Waals surface area contributed by atoms with E-state index in [9.17, 15) is 9.59 Å². The topological polar surface area (TPSA) is 71.2 Å². The van der Waals surface area contributed by atoms with Gasteiger partial charge in [0, 0.05) is 29.7 Å². The van der Waals surface area contributed by atoms with Crippen LogP contribution in [0.4, 0.5) is 5.69 Å². The molecular weight excluding hydrogens is 232 g/mol. The van der Waals surface area contributed by atoms with Crippen molar-refractivity contribution in [3.05, 3.63) is 30.0 Å². The van der Waals surface area contributed by atoms with Crippen LogP contribution in [0.25, 0.3) is 10.9 Å². The summed E-state index contributed by atoms with van der Waals surface area (Å²) in [4.78, 5) is 25.5. The Balaban J connectivity index is 2.44. The lowest BCUT2D eigenvalue weighted by atomic mass is 10.1. The molecule has 1 heterocycles. The predicted octanol–water partition coefficient (Wildman–Crippen LogP) is 1.84. The van der Waals surface area contributed by atoms with Gasteiger partial charge in [-0.1, -0.05) is 0 Å². The average molecular weight is 246 g/mol. The lowest BCUT2D eigenvalue weighted by Gasteiger charge is -2.07. The molecular formula is C13H14N2O3. The number of fused-ring (bicyclic) bond motifs is 1. The summed E-state index contributed by atoms with van der Waals surface area (Å²) in [6.45, 7) is 1.44. The smallest absolute Gasteiger partial charge is 0.310 e. The monoisotopic (exact) mass is 246 g/mol. The molecule has 94 valence electrons. The van der Waals surface area contributed by atoms with Gasteiger partial charge in [0.25, 0.3) is 0 Å². The number of amides is 1. The molecule has 1 aromatic heterocycles. The molecule has 0 atom stereocenters. The summed E-state index contributed by atoms with van der Waals surface area (Å²) >= 11 is 0. The SMILES string of the molecule is COC(=O)Cc1cc(NC(C)=O)cc2[nH]ccc12. The van der Waals surface area contributed by atoms with E-state index in [-0.39, 0.29) is 18.3 Å². The number of aromatic amines is 1. The molecule has 0 aliphatic heterocycles. The highest BCUT2D eigenvalue weighted by Crippen LogP contribution is 2.24. The van der Waals surface area contributed by atoms with Gasteiger partial charge in [0.15, 0.2) is 0 Å². The molecule has 0 bridgehead atoms. The van der Waals surface area contributed by atoms with Crippen LogP contribution in [-0.2, 0) is 20.7 Å². The van der Waals surface area contributed by atoms with Gasteiger partial charge in [-0.2, -0.15) is 0 Å². The molecule has 5 nitrogen and oxygen atoms in total. The van der Waals surface area contributed by atoms with Crippen LogP contribution in [0.5, 0.6) is 0 Å².